The summed E-state index contributed by atoms with van der Waals surface area (Å²) in [5.41, 5.74) is 2.15. The summed E-state index contributed by atoms with van der Waals surface area (Å²) in [6, 6.07) is 16.4. The van der Waals surface area contributed by atoms with Crippen molar-refractivity contribution < 1.29 is 27.9 Å². The van der Waals surface area contributed by atoms with Gasteiger partial charge in [0, 0.05) is 28.6 Å². The number of halogens is 4. The third kappa shape index (κ3) is 8.44. The van der Waals surface area contributed by atoms with Gasteiger partial charge in [-0.2, -0.15) is 0 Å². The number of carbonyl (C=O) groups excluding carboxylic acids is 3. The van der Waals surface area contributed by atoms with Crippen molar-refractivity contribution in [3.63, 3.8) is 0 Å². The Hall–Kier alpha value is -3.14. The highest BCUT2D eigenvalue weighted by molar-refractivity contribution is 9.10. The molecular formula is C31H30BrClF2N2O4. The summed E-state index contributed by atoms with van der Waals surface area (Å²) < 4.78 is 31.7. The highest BCUT2D eigenvalue weighted by Crippen LogP contribution is 2.26. The van der Waals surface area contributed by atoms with Gasteiger partial charge in [-0.3, -0.25) is 19.3 Å². The first kappa shape index (κ1) is 30.8. The van der Waals surface area contributed by atoms with E-state index < -0.39 is 18.9 Å². The van der Waals surface area contributed by atoms with Gasteiger partial charge in [-0.15, -0.1) is 0 Å². The molecule has 3 aromatic carbocycles. The minimum atomic E-state index is -2.72. The molecule has 0 aromatic heterocycles. The molecule has 6 nitrogen and oxygen atoms in total. The quantitative estimate of drug-likeness (QED) is 0.214. The largest absolute Gasteiger partial charge is 0.487 e. The van der Waals surface area contributed by atoms with Crippen LogP contribution in [0.2, 0.25) is 5.02 Å². The van der Waals surface area contributed by atoms with Crippen molar-refractivity contribution in [3.8, 4) is 5.75 Å². The fraction of sp³-hybridized carbons (Fsp3) is 0.323. The predicted molar refractivity (Wildman–Crippen MR) is 159 cm³/mol. The molecular weight excluding hydrogens is 618 g/mol. The van der Waals surface area contributed by atoms with Crippen LogP contribution in [0.5, 0.6) is 5.75 Å². The number of anilines is 1. The van der Waals surface area contributed by atoms with Crippen LogP contribution in [0.3, 0.4) is 0 Å². The van der Waals surface area contributed by atoms with Crippen LogP contribution in [0.1, 0.15) is 51.1 Å². The number of likely N-dealkylation sites (N-methyl/N-ethyl adjacent to an activating group) is 1. The van der Waals surface area contributed by atoms with Crippen LogP contribution in [0.15, 0.2) is 65.1 Å². The van der Waals surface area contributed by atoms with Crippen LogP contribution >= 0.6 is 27.5 Å². The Balaban J connectivity index is 1.49. The number of hydrogen-bond donors (Lipinski definition) is 1. The van der Waals surface area contributed by atoms with Crippen molar-refractivity contribution in [3.05, 3.63) is 92.4 Å². The summed E-state index contributed by atoms with van der Waals surface area (Å²) in [5, 5.41) is 3.01. The molecule has 3 aromatic rings. The SMILES string of the molecule is CN1CCC[C@H]1C(=O)CCc1ccc(Cl)c(C(=O)Cc2ccc(OCC(F)F)c(C(=O)Nc3ccc(Br)cc3)c2)c1. The molecule has 1 amide bonds. The fourth-order valence-electron chi connectivity index (χ4n) is 4.85. The molecule has 0 saturated carbocycles. The normalized spacial score (nSPS) is 15.2. The lowest BCUT2D eigenvalue weighted by Gasteiger charge is -2.18. The first-order valence-electron chi connectivity index (χ1n) is 13.3. The number of likely N-dealkylation sites (tertiary alicyclic amines) is 1. The van der Waals surface area contributed by atoms with Crippen LogP contribution in [0.4, 0.5) is 14.5 Å². The Morgan fingerprint density at radius 3 is 2.44 bits per heavy atom. The van der Waals surface area contributed by atoms with Gasteiger partial charge in [0.1, 0.15) is 18.1 Å². The first-order valence-corrected chi connectivity index (χ1v) is 14.4. The zero-order valence-corrected chi connectivity index (χ0v) is 24.8. The number of aryl methyl sites for hydroxylation is 1. The number of ether oxygens (including phenoxy) is 1. The monoisotopic (exact) mass is 646 g/mol. The molecule has 216 valence electrons. The number of Topliss-reactive ketones (excluding diaryl/α,β-unsaturated/α-hetero) is 2. The molecule has 0 spiro atoms. The average Bonchev–Trinajstić information content (AvgIpc) is 3.38. The van der Waals surface area contributed by atoms with Gasteiger partial charge < -0.3 is 10.1 Å². The molecule has 10 heteroatoms. The topological polar surface area (TPSA) is 75.7 Å². The van der Waals surface area contributed by atoms with Gasteiger partial charge in [-0.25, -0.2) is 8.78 Å². The first-order chi connectivity index (χ1) is 19.6. The van der Waals surface area contributed by atoms with Crippen LogP contribution in [0.25, 0.3) is 0 Å². The maximum atomic E-state index is 13.3. The van der Waals surface area contributed by atoms with Gasteiger partial charge in [-0.05, 0) is 92.5 Å². The van der Waals surface area contributed by atoms with Gasteiger partial charge >= 0.3 is 0 Å². The number of rotatable bonds is 12. The van der Waals surface area contributed by atoms with Crippen molar-refractivity contribution in [2.24, 2.45) is 0 Å². The van der Waals surface area contributed by atoms with Crippen molar-refractivity contribution in [1.29, 1.82) is 0 Å². The number of ketones is 2. The lowest BCUT2D eigenvalue weighted by atomic mass is 9.97. The molecule has 1 saturated heterocycles. The molecule has 1 fully saturated rings. The van der Waals surface area contributed by atoms with E-state index in [-0.39, 0.29) is 40.4 Å². The van der Waals surface area contributed by atoms with Crippen LogP contribution in [0, 0.1) is 0 Å². The standard InChI is InChI=1S/C31H30BrClF2N2O4/c1-37-14-2-3-26(37)27(38)12-5-19-4-11-25(33)23(15-19)28(39)17-20-6-13-29(41-18-30(34)35)24(16-20)31(40)36-22-9-7-21(32)8-10-22/h4,6-11,13,15-16,26,30H,2-3,5,12,14,17-18H2,1H3,(H,36,40)/t26-/m0/s1. The fourth-order valence-corrected chi connectivity index (χ4v) is 5.34. The second-order valence-corrected chi connectivity index (χ2v) is 11.3. The minimum Gasteiger partial charge on any atom is -0.487 e. The number of benzene rings is 3. The Morgan fingerprint density at radius 2 is 1.76 bits per heavy atom. The lowest BCUT2D eigenvalue weighted by Crippen LogP contribution is -2.32. The third-order valence-electron chi connectivity index (χ3n) is 7.00. The minimum absolute atomic E-state index is 0.0197. The molecule has 1 aliphatic rings. The van der Waals surface area contributed by atoms with Crippen molar-refractivity contribution in [2.75, 3.05) is 25.5 Å². The van der Waals surface area contributed by atoms with Crippen molar-refractivity contribution in [2.45, 2.75) is 44.6 Å². The molecule has 1 heterocycles. The summed E-state index contributed by atoms with van der Waals surface area (Å²) in [5.74, 6) is -0.674. The number of hydrogen-bond acceptors (Lipinski definition) is 5. The highest BCUT2D eigenvalue weighted by Gasteiger charge is 2.27. The number of nitrogens with zero attached hydrogens (tertiary/aromatic N) is 1. The summed E-state index contributed by atoms with van der Waals surface area (Å²) in [4.78, 5) is 41.1. The molecule has 41 heavy (non-hydrogen) atoms. The summed E-state index contributed by atoms with van der Waals surface area (Å²) in [7, 11) is 1.96. The number of nitrogens with one attached hydrogen (secondary N) is 1. The van der Waals surface area contributed by atoms with Crippen molar-refractivity contribution >= 4 is 50.7 Å². The molecule has 1 atom stereocenters. The maximum absolute atomic E-state index is 13.3. The van der Waals surface area contributed by atoms with E-state index in [0.29, 0.717) is 29.7 Å². The second-order valence-electron chi connectivity index (χ2n) is 10.0. The molecule has 4 rings (SSSR count). The maximum Gasteiger partial charge on any atom is 0.272 e. The van der Waals surface area contributed by atoms with E-state index in [0.717, 1.165) is 29.4 Å². The lowest BCUT2D eigenvalue weighted by molar-refractivity contribution is -0.122. The Labute approximate surface area is 251 Å². The van der Waals surface area contributed by atoms with Gasteiger partial charge in [0.25, 0.3) is 12.3 Å². The van der Waals surface area contributed by atoms with Gasteiger partial charge in [0.05, 0.1) is 16.6 Å². The zero-order chi connectivity index (χ0) is 29.5. The smallest absolute Gasteiger partial charge is 0.272 e. The van der Waals surface area contributed by atoms with Crippen LogP contribution < -0.4 is 10.1 Å². The Bertz CT molecular complexity index is 1420. The van der Waals surface area contributed by atoms with Gasteiger partial charge in [0.15, 0.2) is 5.78 Å². The zero-order valence-electron chi connectivity index (χ0n) is 22.5. The summed E-state index contributed by atoms with van der Waals surface area (Å²) in [6.07, 6.45) is -0.0441. The molecule has 1 N–H and O–H groups in total. The predicted octanol–water partition coefficient (Wildman–Crippen LogP) is 7.02. The number of carbonyl (C=O) groups is 3. The van der Waals surface area contributed by atoms with E-state index in [1.165, 1.54) is 12.1 Å². The van der Waals surface area contributed by atoms with E-state index in [4.69, 9.17) is 16.3 Å². The summed E-state index contributed by atoms with van der Waals surface area (Å²) in [6.45, 7) is 0.0434. The third-order valence-corrected chi connectivity index (χ3v) is 7.86. The highest BCUT2D eigenvalue weighted by atomic mass is 79.9. The molecule has 0 bridgehead atoms. The van der Waals surface area contributed by atoms with Crippen LogP contribution in [-0.2, 0) is 17.6 Å². The van der Waals surface area contributed by atoms with E-state index >= 15 is 0 Å². The molecule has 0 aliphatic carbocycles. The van der Waals surface area contributed by atoms with E-state index in [1.54, 1.807) is 42.5 Å². The van der Waals surface area contributed by atoms with Crippen molar-refractivity contribution in [1.82, 2.24) is 4.90 Å². The van der Waals surface area contributed by atoms with E-state index in [9.17, 15) is 23.2 Å². The molecule has 0 radical (unpaired) electrons. The number of amides is 1. The van der Waals surface area contributed by atoms with Crippen LogP contribution in [-0.4, -0.2) is 55.0 Å². The average molecular weight is 648 g/mol. The Morgan fingerprint density at radius 1 is 1.05 bits per heavy atom. The van der Waals surface area contributed by atoms with E-state index in [1.807, 2.05) is 13.1 Å². The van der Waals surface area contributed by atoms with Gasteiger partial charge in [0.2, 0.25) is 0 Å². The van der Waals surface area contributed by atoms with E-state index in [2.05, 4.69) is 26.1 Å². The molecule has 0 unspecified atom stereocenters. The number of alkyl halides is 2. The van der Waals surface area contributed by atoms with Gasteiger partial charge in [-0.1, -0.05) is 39.7 Å². The second kappa shape index (κ2) is 14.2. The Kier molecular flexibility index (Phi) is 10.6. The summed E-state index contributed by atoms with van der Waals surface area (Å²) >= 11 is 9.70. The molecule has 1 aliphatic heterocycles.